The Kier molecular flexibility index (Phi) is 3.83. The van der Waals surface area contributed by atoms with Crippen LogP contribution in [0.15, 0.2) is 23.8 Å². The maximum Gasteiger partial charge on any atom is 0.359 e. The van der Waals surface area contributed by atoms with Crippen molar-refractivity contribution in [3.63, 3.8) is 0 Å². The third-order valence-electron chi connectivity index (χ3n) is 3.55. The number of amides is 2. The maximum atomic E-state index is 11.9. The fraction of sp³-hybridized carbons (Fsp3) is 0.500. The lowest BCUT2D eigenvalue weighted by molar-refractivity contribution is -0.194. The first-order chi connectivity index (χ1) is 8.99. The molecular formula is C14H17NO4. The van der Waals surface area contributed by atoms with Gasteiger partial charge in [0.2, 0.25) is 0 Å². The Morgan fingerprint density at radius 1 is 1.32 bits per heavy atom. The fourth-order valence-corrected chi connectivity index (χ4v) is 2.27. The molecule has 5 nitrogen and oxygen atoms in total. The SMILES string of the molecule is C=C(C)[C@@H]1CC=C(C(=O)ON2C(=O)CCC2=O)CC1. The lowest BCUT2D eigenvalue weighted by atomic mass is 9.85. The summed E-state index contributed by atoms with van der Waals surface area (Å²) in [4.78, 5) is 39.4. The van der Waals surface area contributed by atoms with Gasteiger partial charge in [0.05, 0.1) is 0 Å². The molecule has 0 radical (unpaired) electrons. The van der Waals surface area contributed by atoms with Crippen LogP contribution in [0.4, 0.5) is 0 Å². The number of carbonyl (C=O) groups excluding carboxylic acids is 3. The summed E-state index contributed by atoms with van der Waals surface area (Å²) < 4.78 is 0. The highest BCUT2D eigenvalue weighted by atomic mass is 16.7. The molecule has 5 heteroatoms. The van der Waals surface area contributed by atoms with E-state index in [1.54, 1.807) is 0 Å². The second-order valence-corrected chi connectivity index (χ2v) is 5.01. The average molecular weight is 263 g/mol. The Hall–Kier alpha value is -1.91. The van der Waals surface area contributed by atoms with Crippen molar-refractivity contribution in [1.29, 1.82) is 0 Å². The van der Waals surface area contributed by atoms with E-state index in [0.717, 1.165) is 18.4 Å². The summed E-state index contributed by atoms with van der Waals surface area (Å²) in [6.45, 7) is 5.88. The van der Waals surface area contributed by atoms with Crippen molar-refractivity contribution in [2.75, 3.05) is 0 Å². The Labute approximate surface area is 111 Å². The van der Waals surface area contributed by atoms with E-state index in [4.69, 9.17) is 4.84 Å². The van der Waals surface area contributed by atoms with Crippen LogP contribution >= 0.6 is 0 Å². The van der Waals surface area contributed by atoms with Crippen molar-refractivity contribution in [3.05, 3.63) is 23.8 Å². The van der Waals surface area contributed by atoms with E-state index in [9.17, 15) is 14.4 Å². The van der Waals surface area contributed by atoms with Crippen LogP contribution in [0.3, 0.4) is 0 Å². The van der Waals surface area contributed by atoms with E-state index in [1.807, 2.05) is 13.0 Å². The number of allylic oxidation sites excluding steroid dienone is 2. The van der Waals surface area contributed by atoms with Crippen LogP contribution in [0.5, 0.6) is 0 Å². The van der Waals surface area contributed by atoms with E-state index in [-0.39, 0.29) is 12.8 Å². The number of carbonyl (C=O) groups is 3. The zero-order valence-corrected chi connectivity index (χ0v) is 11.0. The van der Waals surface area contributed by atoms with Crippen molar-refractivity contribution in [3.8, 4) is 0 Å². The zero-order valence-electron chi connectivity index (χ0n) is 11.0. The second-order valence-electron chi connectivity index (χ2n) is 5.01. The molecule has 1 fully saturated rings. The summed E-state index contributed by atoms with van der Waals surface area (Å²) in [6.07, 6.45) is 4.23. The van der Waals surface area contributed by atoms with Gasteiger partial charge < -0.3 is 4.84 Å². The van der Waals surface area contributed by atoms with Crippen LogP contribution in [-0.2, 0) is 19.2 Å². The van der Waals surface area contributed by atoms with Crippen LogP contribution in [0.1, 0.15) is 39.0 Å². The van der Waals surface area contributed by atoms with Crippen LogP contribution in [0, 0.1) is 5.92 Å². The summed E-state index contributed by atoms with van der Waals surface area (Å²) in [5, 5.41) is 0.591. The Morgan fingerprint density at radius 2 is 1.95 bits per heavy atom. The van der Waals surface area contributed by atoms with Crippen LogP contribution in [-0.4, -0.2) is 22.8 Å². The monoisotopic (exact) mass is 263 g/mol. The molecule has 0 aromatic carbocycles. The molecule has 2 rings (SSSR count). The first-order valence-corrected chi connectivity index (χ1v) is 6.41. The predicted octanol–water partition coefficient (Wildman–Crippen LogP) is 1.90. The van der Waals surface area contributed by atoms with E-state index in [1.165, 1.54) is 0 Å². The van der Waals surface area contributed by atoms with E-state index in [2.05, 4.69) is 6.58 Å². The smallest absolute Gasteiger partial charge is 0.325 e. The Morgan fingerprint density at radius 3 is 2.42 bits per heavy atom. The first-order valence-electron chi connectivity index (χ1n) is 6.41. The van der Waals surface area contributed by atoms with Crippen molar-refractivity contribution >= 4 is 17.8 Å². The highest BCUT2D eigenvalue weighted by Crippen LogP contribution is 2.29. The van der Waals surface area contributed by atoms with Gasteiger partial charge in [-0.15, -0.1) is 5.06 Å². The highest BCUT2D eigenvalue weighted by molar-refractivity contribution is 6.02. The van der Waals surface area contributed by atoms with Gasteiger partial charge in [0.15, 0.2) is 0 Å². The highest BCUT2D eigenvalue weighted by Gasteiger charge is 2.34. The molecule has 0 bridgehead atoms. The quantitative estimate of drug-likeness (QED) is 0.576. The molecule has 19 heavy (non-hydrogen) atoms. The summed E-state index contributed by atoms with van der Waals surface area (Å²) in [5.41, 5.74) is 1.64. The molecule has 1 aliphatic heterocycles. The van der Waals surface area contributed by atoms with E-state index < -0.39 is 17.8 Å². The fourth-order valence-electron chi connectivity index (χ4n) is 2.27. The van der Waals surface area contributed by atoms with E-state index >= 15 is 0 Å². The molecule has 1 saturated heterocycles. The minimum absolute atomic E-state index is 0.114. The molecular weight excluding hydrogens is 246 g/mol. The molecule has 0 aromatic rings. The predicted molar refractivity (Wildman–Crippen MR) is 67.4 cm³/mol. The molecule has 1 atom stereocenters. The molecule has 2 amide bonds. The van der Waals surface area contributed by atoms with Gasteiger partial charge in [-0.3, -0.25) is 9.59 Å². The largest absolute Gasteiger partial charge is 0.359 e. The Balaban J connectivity index is 1.96. The molecule has 0 aromatic heterocycles. The summed E-state index contributed by atoms with van der Waals surface area (Å²) >= 11 is 0. The number of imide groups is 1. The summed E-state index contributed by atoms with van der Waals surface area (Å²) in [7, 11) is 0. The van der Waals surface area contributed by atoms with Crippen molar-refractivity contribution in [2.45, 2.75) is 39.0 Å². The van der Waals surface area contributed by atoms with Crippen LogP contribution < -0.4 is 0 Å². The third-order valence-corrected chi connectivity index (χ3v) is 3.55. The topological polar surface area (TPSA) is 63.7 Å². The van der Waals surface area contributed by atoms with Gasteiger partial charge in [-0.25, -0.2) is 4.79 Å². The van der Waals surface area contributed by atoms with Gasteiger partial charge in [-0.05, 0) is 32.1 Å². The lowest BCUT2D eigenvalue weighted by Gasteiger charge is -2.22. The average Bonchev–Trinajstić information content (AvgIpc) is 2.70. The normalized spacial score (nSPS) is 23.3. The van der Waals surface area contributed by atoms with Gasteiger partial charge in [0, 0.05) is 18.4 Å². The molecule has 0 N–H and O–H groups in total. The maximum absolute atomic E-state index is 11.9. The Bertz CT molecular complexity index is 462. The molecule has 2 aliphatic rings. The first kappa shape index (κ1) is 13.5. The van der Waals surface area contributed by atoms with Gasteiger partial charge in [0.25, 0.3) is 11.8 Å². The minimum Gasteiger partial charge on any atom is -0.325 e. The lowest BCUT2D eigenvalue weighted by Crippen LogP contribution is -2.33. The summed E-state index contributed by atoms with van der Waals surface area (Å²) in [5.74, 6) is -1.10. The van der Waals surface area contributed by atoms with Crippen molar-refractivity contribution in [1.82, 2.24) is 5.06 Å². The van der Waals surface area contributed by atoms with Crippen LogP contribution in [0.2, 0.25) is 0 Å². The number of rotatable bonds is 3. The molecule has 0 saturated carbocycles. The molecule has 1 aliphatic carbocycles. The van der Waals surface area contributed by atoms with Gasteiger partial charge in [0.1, 0.15) is 0 Å². The number of hydrogen-bond acceptors (Lipinski definition) is 4. The zero-order chi connectivity index (χ0) is 14.0. The van der Waals surface area contributed by atoms with Gasteiger partial charge in [-0.1, -0.05) is 18.2 Å². The second kappa shape index (κ2) is 5.38. The summed E-state index contributed by atoms with van der Waals surface area (Å²) in [6, 6.07) is 0. The molecule has 1 heterocycles. The standard InChI is InChI=1S/C14H17NO4/c1-9(2)10-3-5-11(6-4-10)14(18)19-15-12(16)7-8-13(15)17/h5,10H,1,3-4,6-8H2,2H3/t10-/m1/s1. The molecule has 0 unspecified atom stereocenters. The minimum atomic E-state index is -0.594. The van der Waals surface area contributed by atoms with Crippen LogP contribution in [0.25, 0.3) is 0 Å². The van der Waals surface area contributed by atoms with Gasteiger partial charge >= 0.3 is 5.97 Å². The van der Waals surface area contributed by atoms with Crippen molar-refractivity contribution < 1.29 is 19.2 Å². The third kappa shape index (κ3) is 2.92. The van der Waals surface area contributed by atoms with E-state index in [0.29, 0.717) is 23.0 Å². The molecule has 0 spiro atoms. The molecule has 102 valence electrons. The van der Waals surface area contributed by atoms with Gasteiger partial charge in [-0.2, -0.15) is 0 Å². The number of hydroxylamine groups is 2. The number of nitrogens with zero attached hydrogens (tertiary/aromatic N) is 1. The van der Waals surface area contributed by atoms with Crippen molar-refractivity contribution in [2.24, 2.45) is 5.92 Å². The number of hydrogen-bond donors (Lipinski definition) is 0.